The third-order valence-corrected chi connectivity index (χ3v) is 5.75. The lowest BCUT2D eigenvalue weighted by molar-refractivity contribution is -0.162. The van der Waals surface area contributed by atoms with Crippen LogP contribution in [0.4, 0.5) is 0 Å². The molecule has 2 fully saturated rings. The molecule has 0 aromatic carbocycles. The van der Waals surface area contributed by atoms with E-state index in [-0.39, 0.29) is 17.5 Å². The number of aryl methyl sites for hydroxylation is 1. The normalized spacial score (nSPS) is 23.5. The van der Waals surface area contributed by atoms with Gasteiger partial charge in [0.1, 0.15) is 0 Å². The maximum Gasteiger partial charge on any atom is 0.312 e. The van der Waals surface area contributed by atoms with Gasteiger partial charge in [-0.25, -0.2) is 0 Å². The predicted molar refractivity (Wildman–Crippen MR) is 101 cm³/mol. The molecular weight excluding hydrogens is 328 g/mol. The fraction of sp³-hybridized carbons (Fsp3) is 0.714. The van der Waals surface area contributed by atoms with E-state index in [0.29, 0.717) is 6.61 Å². The van der Waals surface area contributed by atoms with Gasteiger partial charge in [0.15, 0.2) is 0 Å². The highest BCUT2D eigenvalue weighted by Gasteiger charge is 2.44. The van der Waals surface area contributed by atoms with Crippen LogP contribution in [-0.4, -0.2) is 48.3 Å². The molecule has 0 spiro atoms. The van der Waals surface area contributed by atoms with E-state index in [4.69, 9.17) is 9.47 Å². The zero-order valence-corrected chi connectivity index (χ0v) is 16.2. The van der Waals surface area contributed by atoms with E-state index in [2.05, 4.69) is 22.0 Å². The Morgan fingerprint density at radius 3 is 2.81 bits per heavy atom. The lowest BCUT2D eigenvalue weighted by atomic mass is 9.73. The number of piperidine rings is 1. The molecule has 1 atom stereocenters. The zero-order chi connectivity index (χ0) is 18.4. The molecule has 0 saturated carbocycles. The molecule has 26 heavy (non-hydrogen) atoms. The minimum atomic E-state index is -0.380. The van der Waals surface area contributed by atoms with Gasteiger partial charge in [0.05, 0.1) is 23.8 Å². The summed E-state index contributed by atoms with van der Waals surface area (Å²) in [6.45, 7) is 7.84. The fourth-order valence-electron chi connectivity index (χ4n) is 4.24. The molecular formula is C21H32N2O3. The molecule has 1 aromatic heterocycles. The molecule has 0 N–H and O–H groups in total. The smallest absolute Gasteiger partial charge is 0.312 e. The first-order valence-corrected chi connectivity index (χ1v) is 10.0. The highest BCUT2D eigenvalue weighted by molar-refractivity contribution is 5.77. The molecule has 3 heterocycles. The van der Waals surface area contributed by atoms with E-state index >= 15 is 0 Å². The fourth-order valence-corrected chi connectivity index (χ4v) is 4.24. The van der Waals surface area contributed by atoms with E-state index in [1.165, 1.54) is 6.42 Å². The molecule has 0 aliphatic carbocycles. The van der Waals surface area contributed by atoms with Crippen LogP contribution in [0.3, 0.4) is 0 Å². The van der Waals surface area contributed by atoms with E-state index in [1.54, 1.807) is 0 Å². The molecule has 3 rings (SSSR count). The maximum atomic E-state index is 12.8. The van der Waals surface area contributed by atoms with Gasteiger partial charge in [0.2, 0.25) is 0 Å². The highest BCUT2D eigenvalue weighted by atomic mass is 16.5. The van der Waals surface area contributed by atoms with Crippen molar-refractivity contribution in [1.82, 2.24) is 9.88 Å². The standard InChI is InChI=1S/C21H32N2O3/c1-3-25-20(24)21(15-19-9-4-5-14-26-19)10-12-23(13-11-21)16-18-8-6-7-17(2)22-18/h6-8,19H,3-5,9-16H2,1-2H3/t19-/m0/s1. The molecule has 0 unspecified atom stereocenters. The van der Waals surface area contributed by atoms with Crippen LogP contribution in [0, 0.1) is 12.3 Å². The highest BCUT2D eigenvalue weighted by Crippen LogP contribution is 2.40. The zero-order valence-electron chi connectivity index (χ0n) is 16.2. The topological polar surface area (TPSA) is 51.7 Å². The van der Waals surface area contributed by atoms with E-state index in [0.717, 1.165) is 69.7 Å². The summed E-state index contributed by atoms with van der Waals surface area (Å²) in [6, 6.07) is 6.16. The summed E-state index contributed by atoms with van der Waals surface area (Å²) in [5.74, 6) is -0.0255. The Hall–Kier alpha value is -1.46. The van der Waals surface area contributed by atoms with Crippen molar-refractivity contribution in [1.29, 1.82) is 0 Å². The summed E-state index contributed by atoms with van der Waals surface area (Å²) in [7, 11) is 0. The molecule has 5 heteroatoms. The third kappa shape index (κ3) is 4.83. The van der Waals surface area contributed by atoms with Gasteiger partial charge in [0.25, 0.3) is 0 Å². The minimum absolute atomic E-state index is 0.0255. The number of likely N-dealkylation sites (tertiary alicyclic amines) is 1. The van der Waals surface area contributed by atoms with Crippen molar-refractivity contribution in [3.05, 3.63) is 29.6 Å². The maximum absolute atomic E-state index is 12.8. The Kier molecular flexibility index (Phi) is 6.65. The SMILES string of the molecule is CCOC(=O)C1(C[C@@H]2CCCCO2)CCN(Cc2cccc(C)n2)CC1. The number of rotatable bonds is 6. The van der Waals surface area contributed by atoms with Gasteiger partial charge in [-0.15, -0.1) is 0 Å². The van der Waals surface area contributed by atoms with E-state index in [1.807, 2.05) is 19.9 Å². The van der Waals surface area contributed by atoms with Crippen molar-refractivity contribution in [2.45, 2.75) is 65.0 Å². The van der Waals surface area contributed by atoms with Crippen LogP contribution >= 0.6 is 0 Å². The monoisotopic (exact) mass is 360 g/mol. The summed E-state index contributed by atoms with van der Waals surface area (Å²) in [5.41, 5.74) is 1.77. The molecule has 0 bridgehead atoms. The molecule has 2 saturated heterocycles. The lowest BCUT2D eigenvalue weighted by Crippen LogP contribution is -2.47. The molecule has 1 aromatic rings. The first kappa shape index (κ1) is 19.3. The van der Waals surface area contributed by atoms with Crippen molar-refractivity contribution >= 4 is 5.97 Å². The average molecular weight is 360 g/mol. The number of esters is 1. The van der Waals surface area contributed by atoms with Crippen LogP contribution in [0.1, 0.15) is 56.8 Å². The summed E-state index contributed by atoms with van der Waals surface area (Å²) in [6.07, 6.45) is 6.11. The Balaban J connectivity index is 1.62. The first-order valence-electron chi connectivity index (χ1n) is 10.0. The Bertz CT molecular complexity index is 591. The molecule has 2 aliphatic rings. The van der Waals surface area contributed by atoms with Crippen LogP contribution in [0.5, 0.6) is 0 Å². The number of carbonyl (C=O) groups is 1. The summed E-state index contributed by atoms with van der Waals surface area (Å²) in [5, 5.41) is 0. The summed E-state index contributed by atoms with van der Waals surface area (Å²) < 4.78 is 11.4. The first-order chi connectivity index (χ1) is 12.6. The van der Waals surface area contributed by atoms with Gasteiger partial charge in [-0.2, -0.15) is 0 Å². The number of hydrogen-bond acceptors (Lipinski definition) is 5. The Morgan fingerprint density at radius 1 is 1.35 bits per heavy atom. The number of carbonyl (C=O) groups excluding carboxylic acids is 1. The Labute approximate surface area is 157 Å². The lowest BCUT2D eigenvalue weighted by Gasteiger charge is -2.42. The van der Waals surface area contributed by atoms with Gasteiger partial charge in [0, 0.05) is 18.8 Å². The van der Waals surface area contributed by atoms with Crippen LogP contribution in [0.25, 0.3) is 0 Å². The van der Waals surface area contributed by atoms with Gasteiger partial charge < -0.3 is 9.47 Å². The molecule has 0 radical (unpaired) electrons. The number of pyridine rings is 1. The molecule has 5 nitrogen and oxygen atoms in total. The van der Waals surface area contributed by atoms with Gasteiger partial charge in [-0.3, -0.25) is 14.7 Å². The van der Waals surface area contributed by atoms with Crippen LogP contribution in [-0.2, 0) is 20.8 Å². The second-order valence-corrected chi connectivity index (χ2v) is 7.74. The van der Waals surface area contributed by atoms with Crippen molar-refractivity contribution in [3.63, 3.8) is 0 Å². The number of aromatic nitrogens is 1. The molecule has 144 valence electrons. The third-order valence-electron chi connectivity index (χ3n) is 5.75. The van der Waals surface area contributed by atoms with Crippen LogP contribution in [0.15, 0.2) is 18.2 Å². The van der Waals surface area contributed by atoms with E-state index < -0.39 is 0 Å². The second-order valence-electron chi connectivity index (χ2n) is 7.74. The van der Waals surface area contributed by atoms with E-state index in [9.17, 15) is 4.79 Å². The Morgan fingerprint density at radius 2 is 2.15 bits per heavy atom. The number of hydrogen-bond donors (Lipinski definition) is 0. The van der Waals surface area contributed by atoms with Crippen molar-refractivity contribution < 1.29 is 14.3 Å². The largest absolute Gasteiger partial charge is 0.466 e. The molecule has 2 aliphatic heterocycles. The van der Waals surface area contributed by atoms with Crippen molar-refractivity contribution in [2.24, 2.45) is 5.41 Å². The predicted octanol–water partition coefficient (Wildman–Crippen LogP) is 3.49. The summed E-state index contributed by atoms with van der Waals surface area (Å²) >= 11 is 0. The number of nitrogens with zero attached hydrogens (tertiary/aromatic N) is 2. The van der Waals surface area contributed by atoms with Gasteiger partial charge in [-0.05, 0) is 77.6 Å². The van der Waals surface area contributed by atoms with Gasteiger partial charge in [-0.1, -0.05) is 6.07 Å². The summed E-state index contributed by atoms with van der Waals surface area (Å²) in [4.78, 5) is 19.8. The van der Waals surface area contributed by atoms with Crippen molar-refractivity contribution in [2.75, 3.05) is 26.3 Å². The quantitative estimate of drug-likeness (QED) is 0.727. The van der Waals surface area contributed by atoms with Crippen molar-refractivity contribution in [3.8, 4) is 0 Å². The van der Waals surface area contributed by atoms with Gasteiger partial charge >= 0.3 is 5.97 Å². The van der Waals surface area contributed by atoms with Crippen LogP contribution < -0.4 is 0 Å². The average Bonchev–Trinajstić information content (AvgIpc) is 2.64. The second kappa shape index (κ2) is 8.96. The minimum Gasteiger partial charge on any atom is -0.466 e. The molecule has 0 amide bonds. The number of ether oxygens (including phenoxy) is 2. The van der Waals surface area contributed by atoms with Crippen LogP contribution in [0.2, 0.25) is 0 Å².